The Hall–Kier alpha value is -0.392. The first-order chi connectivity index (χ1) is 12.1. The van der Waals surface area contributed by atoms with Crippen LogP contribution in [0.25, 0.3) is 33.3 Å². The van der Waals surface area contributed by atoms with Crippen LogP contribution in [0.5, 0.6) is 0 Å². The molecule has 0 bridgehead atoms. The maximum atomic E-state index is 4.94. The predicted molar refractivity (Wildman–Crippen MR) is 107 cm³/mol. The molecule has 0 aliphatic heterocycles. The summed E-state index contributed by atoms with van der Waals surface area (Å²) >= 11 is 3.59. The average molecular weight is 732 g/mol. The standard InChI is InChI=1S/C20H19BrN4.4ClH.Pt/c1-24(2)11-12-25-18-13-15(21)8-9-17(18)23-20(25)16-7-3-5-14-6-4-10-22-19(14)16;;;;;/h3-10,13H,11-12H2,1-2H3;4*1H;/q;;;;;+4/p-4. The molecular weight excluding hydrogens is 713 g/mol. The Morgan fingerprint density at radius 2 is 1.67 bits per heavy atom. The predicted octanol–water partition coefficient (Wildman–Crippen LogP) is -7.41. The molecule has 10 heteroatoms. The van der Waals surface area contributed by atoms with Gasteiger partial charge in [0.2, 0.25) is 0 Å². The van der Waals surface area contributed by atoms with Crippen LogP contribution in [0.2, 0.25) is 0 Å². The molecule has 0 amide bonds. The van der Waals surface area contributed by atoms with Crippen LogP contribution >= 0.6 is 15.9 Å². The van der Waals surface area contributed by atoms with Crippen molar-refractivity contribution in [2.24, 2.45) is 0 Å². The zero-order valence-corrected chi connectivity index (χ0v) is 23.0. The molecule has 0 aliphatic rings. The number of halogens is 5. The zero-order valence-electron chi connectivity index (χ0n) is 16.1. The summed E-state index contributed by atoms with van der Waals surface area (Å²) < 4.78 is 3.36. The number of rotatable bonds is 4. The molecule has 0 saturated heterocycles. The van der Waals surface area contributed by atoms with E-state index in [2.05, 4.69) is 80.9 Å². The SMILES string of the molecule is CN(C)CCn1c(-c2cccc3cccnc23)nc2ccc(Br)cc21.[Cl-].[Cl-].[Cl-].[Cl-].[Pt+4]. The fourth-order valence-electron chi connectivity index (χ4n) is 3.11. The number of hydrogen-bond acceptors (Lipinski definition) is 3. The molecule has 2 aromatic heterocycles. The first kappa shape index (κ1) is 31.8. The van der Waals surface area contributed by atoms with Crippen LogP contribution in [-0.2, 0) is 27.6 Å². The fraction of sp³-hybridized carbons (Fsp3) is 0.200. The van der Waals surface area contributed by atoms with E-state index < -0.39 is 0 Å². The van der Waals surface area contributed by atoms with Gasteiger partial charge in [-0.25, -0.2) is 4.98 Å². The molecule has 0 radical (unpaired) electrons. The number of aromatic nitrogens is 3. The van der Waals surface area contributed by atoms with Crippen LogP contribution in [-0.4, -0.2) is 40.1 Å². The van der Waals surface area contributed by atoms with Crippen LogP contribution in [0, 0.1) is 0 Å². The van der Waals surface area contributed by atoms with Crippen molar-refractivity contribution in [1.29, 1.82) is 0 Å². The monoisotopic (exact) mass is 729 g/mol. The van der Waals surface area contributed by atoms with Crippen molar-refractivity contribution in [3.63, 3.8) is 0 Å². The minimum atomic E-state index is 0. The molecule has 0 atom stereocenters. The van der Waals surface area contributed by atoms with Gasteiger partial charge in [-0.15, -0.1) is 0 Å². The van der Waals surface area contributed by atoms with Crippen molar-refractivity contribution in [3.05, 3.63) is 59.2 Å². The number of hydrogen-bond donors (Lipinski definition) is 0. The summed E-state index contributed by atoms with van der Waals surface area (Å²) in [7, 11) is 4.18. The Kier molecular flexibility index (Phi) is 14.7. The molecule has 4 nitrogen and oxygen atoms in total. The molecule has 164 valence electrons. The minimum absolute atomic E-state index is 0. The Morgan fingerprint density at radius 1 is 0.967 bits per heavy atom. The largest absolute Gasteiger partial charge is 4.00 e. The van der Waals surface area contributed by atoms with Crippen molar-refractivity contribution in [2.45, 2.75) is 6.54 Å². The quantitative estimate of drug-likeness (QED) is 0.210. The summed E-state index contributed by atoms with van der Waals surface area (Å²) in [6.07, 6.45) is 1.84. The van der Waals surface area contributed by atoms with Gasteiger partial charge < -0.3 is 59.1 Å². The molecule has 4 aromatic rings. The van der Waals surface area contributed by atoms with E-state index in [4.69, 9.17) is 4.98 Å². The van der Waals surface area contributed by atoms with E-state index in [-0.39, 0.29) is 70.7 Å². The van der Waals surface area contributed by atoms with Gasteiger partial charge in [-0.05, 0) is 44.4 Å². The molecule has 0 spiro atoms. The van der Waals surface area contributed by atoms with E-state index >= 15 is 0 Å². The van der Waals surface area contributed by atoms with Crippen molar-refractivity contribution in [2.75, 3.05) is 20.6 Å². The molecule has 0 saturated carbocycles. The van der Waals surface area contributed by atoms with Crippen LogP contribution in [0.3, 0.4) is 0 Å². The molecule has 30 heavy (non-hydrogen) atoms. The number of para-hydroxylation sites is 1. The Labute approximate surface area is 224 Å². The van der Waals surface area contributed by atoms with Gasteiger partial charge in [0.15, 0.2) is 0 Å². The van der Waals surface area contributed by atoms with Gasteiger partial charge in [0.25, 0.3) is 0 Å². The van der Waals surface area contributed by atoms with Gasteiger partial charge in [-0.1, -0.05) is 34.1 Å². The van der Waals surface area contributed by atoms with Crippen molar-refractivity contribution >= 4 is 37.9 Å². The minimum Gasteiger partial charge on any atom is -1.00 e. The Morgan fingerprint density at radius 3 is 2.37 bits per heavy atom. The summed E-state index contributed by atoms with van der Waals surface area (Å²) in [5.74, 6) is 0.972. The first-order valence-electron chi connectivity index (χ1n) is 8.28. The van der Waals surface area contributed by atoms with Crippen LogP contribution < -0.4 is 49.6 Å². The number of nitrogens with zero attached hydrogens (tertiary/aromatic N) is 4. The van der Waals surface area contributed by atoms with E-state index in [9.17, 15) is 0 Å². The van der Waals surface area contributed by atoms with E-state index in [1.165, 1.54) is 0 Å². The van der Waals surface area contributed by atoms with Gasteiger partial charge in [0, 0.05) is 34.7 Å². The molecule has 0 unspecified atom stereocenters. The van der Waals surface area contributed by atoms with E-state index in [0.29, 0.717) is 0 Å². The Bertz CT molecular complexity index is 1070. The third kappa shape index (κ3) is 6.55. The van der Waals surface area contributed by atoms with Crippen LogP contribution in [0.1, 0.15) is 0 Å². The van der Waals surface area contributed by atoms with E-state index in [1.54, 1.807) is 0 Å². The van der Waals surface area contributed by atoms with Crippen molar-refractivity contribution in [1.82, 2.24) is 19.4 Å². The molecule has 0 N–H and O–H groups in total. The topological polar surface area (TPSA) is 34.0 Å². The van der Waals surface area contributed by atoms with Crippen LogP contribution in [0.4, 0.5) is 0 Å². The van der Waals surface area contributed by atoms with Gasteiger partial charge in [0.05, 0.1) is 16.6 Å². The zero-order chi connectivity index (χ0) is 17.4. The number of imidazole rings is 1. The third-order valence-electron chi connectivity index (χ3n) is 4.35. The molecule has 2 heterocycles. The number of benzene rings is 2. The van der Waals surface area contributed by atoms with E-state index in [1.807, 2.05) is 18.3 Å². The number of likely N-dealkylation sites (N-methyl/N-ethyl adjacent to an activating group) is 1. The Balaban J connectivity index is 0. The smallest absolute Gasteiger partial charge is 1.00 e. The summed E-state index contributed by atoms with van der Waals surface area (Å²) in [6.45, 7) is 1.82. The molecule has 2 aromatic carbocycles. The molecule has 0 aliphatic carbocycles. The summed E-state index contributed by atoms with van der Waals surface area (Å²) in [5, 5.41) is 1.13. The van der Waals surface area contributed by atoms with Gasteiger partial charge in [-0.2, -0.15) is 0 Å². The number of fused-ring (bicyclic) bond motifs is 2. The van der Waals surface area contributed by atoms with Gasteiger partial charge in [-0.3, -0.25) is 4.98 Å². The van der Waals surface area contributed by atoms with Crippen molar-refractivity contribution in [3.8, 4) is 11.4 Å². The van der Waals surface area contributed by atoms with Gasteiger partial charge in [0.1, 0.15) is 5.82 Å². The van der Waals surface area contributed by atoms with Crippen LogP contribution in [0.15, 0.2) is 59.2 Å². The van der Waals surface area contributed by atoms with Crippen molar-refractivity contribution < 1.29 is 70.7 Å². The molecule has 0 fully saturated rings. The second-order valence-corrected chi connectivity index (χ2v) is 7.32. The average Bonchev–Trinajstić information content (AvgIpc) is 2.97. The summed E-state index contributed by atoms with van der Waals surface area (Å²) in [4.78, 5) is 11.7. The second-order valence-electron chi connectivity index (χ2n) is 6.40. The third-order valence-corrected chi connectivity index (χ3v) is 4.85. The second kappa shape index (κ2) is 13.9. The first-order valence-corrected chi connectivity index (χ1v) is 9.07. The van der Waals surface area contributed by atoms with E-state index in [0.717, 1.165) is 50.9 Å². The normalized spacial score (nSPS) is 9.73. The van der Waals surface area contributed by atoms with Gasteiger partial charge >= 0.3 is 21.1 Å². The number of pyridine rings is 1. The fourth-order valence-corrected chi connectivity index (χ4v) is 3.46. The summed E-state index contributed by atoms with van der Waals surface area (Å²) in [5.41, 5.74) is 4.21. The molecule has 4 rings (SSSR count). The summed E-state index contributed by atoms with van der Waals surface area (Å²) in [6, 6.07) is 16.6. The maximum absolute atomic E-state index is 4.94. The maximum Gasteiger partial charge on any atom is 4.00 e. The molecular formula is C20H19BrCl4N4Pt.